The Morgan fingerprint density at radius 1 is 1.63 bits per heavy atom. The number of nitrogens with zero attached hydrogens (tertiary/aromatic N) is 3. The van der Waals surface area contributed by atoms with Crippen LogP contribution in [0.15, 0.2) is 11.1 Å². The number of aliphatic hydroxyl groups excluding tert-OH is 2. The van der Waals surface area contributed by atoms with Gasteiger partial charge in [0.25, 0.3) is 11.6 Å². The Bertz CT molecular complexity index is 669. The molecule has 0 aliphatic carbocycles. The molecule has 1 aliphatic heterocycles. The highest BCUT2D eigenvalue weighted by molar-refractivity contribution is 5.67. The van der Waals surface area contributed by atoms with Gasteiger partial charge in [0.2, 0.25) is 0 Å². The van der Waals surface area contributed by atoms with Crippen molar-refractivity contribution in [3.05, 3.63) is 22.8 Å². The van der Waals surface area contributed by atoms with Crippen LogP contribution in [0.3, 0.4) is 0 Å². The monoisotopic (exact) mass is 270 g/mol. The maximum Gasteiger partial charge on any atom is 0.296 e. The van der Waals surface area contributed by atoms with E-state index in [1.807, 2.05) is 0 Å². The van der Waals surface area contributed by atoms with Gasteiger partial charge >= 0.3 is 0 Å². The first-order chi connectivity index (χ1) is 9.11. The number of nitrogens with one attached hydrogen (secondary N) is 1. The molecule has 1 fully saturated rings. The Kier molecular flexibility index (Phi) is 2.81. The van der Waals surface area contributed by atoms with Crippen LogP contribution in [0, 0.1) is 6.08 Å². The Morgan fingerprint density at radius 3 is 3.11 bits per heavy atom. The van der Waals surface area contributed by atoms with Crippen molar-refractivity contribution in [1.82, 2.24) is 19.5 Å². The van der Waals surface area contributed by atoms with Crippen molar-refractivity contribution < 1.29 is 19.3 Å². The van der Waals surface area contributed by atoms with E-state index in [0.717, 1.165) is 0 Å². The van der Waals surface area contributed by atoms with Crippen LogP contribution >= 0.6 is 0 Å². The number of ether oxygens (including phenoxy) is 1. The van der Waals surface area contributed by atoms with E-state index in [2.05, 4.69) is 15.0 Å². The predicted molar refractivity (Wildman–Crippen MR) is 59.7 cm³/mol. The minimum Gasteiger partial charge on any atom is -0.394 e. The fourth-order valence-corrected chi connectivity index (χ4v) is 2.16. The highest BCUT2D eigenvalue weighted by Crippen LogP contribution is 2.28. The highest BCUT2D eigenvalue weighted by Gasteiger charge is 2.36. The molecule has 3 atom stereocenters. The number of hydrogen-bond donors (Lipinski definition) is 3. The van der Waals surface area contributed by atoms with Gasteiger partial charge < -0.3 is 19.9 Å². The summed E-state index contributed by atoms with van der Waals surface area (Å²) in [5.74, 6) is 0. The first-order valence-corrected chi connectivity index (χ1v) is 5.67. The zero-order chi connectivity index (χ0) is 13.6. The van der Waals surface area contributed by atoms with Gasteiger partial charge in [0.1, 0.15) is 12.3 Å². The second kappa shape index (κ2) is 4.37. The molecule has 0 spiro atoms. The third-order valence-corrected chi connectivity index (χ3v) is 3.12. The van der Waals surface area contributed by atoms with Gasteiger partial charge in [-0.05, 0) is 0 Å². The Hall–Kier alpha value is -1.84. The summed E-state index contributed by atoms with van der Waals surface area (Å²) >= 11 is 0. The Balaban J connectivity index is 2.08. The van der Waals surface area contributed by atoms with E-state index < -0.39 is 36.7 Å². The van der Waals surface area contributed by atoms with E-state index in [0.29, 0.717) is 4.57 Å². The molecule has 1 unspecified atom stereocenters. The van der Waals surface area contributed by atoms with E-state index in [9.17, 15) is 14.3 Å². The second-order valence-corrected chi connectivity index (χ2v) is 4.27. The largest absolute Gasteiger partial charge is 0.394 e. The van der Waals surface area contributed by atoms with E-state index in [1.54, 1.807) is 0 Å². The van der Waals surface area contributed by atoms with Gasteiger partial charge in [-0.25, -0.2) is 9.55 Å². The fourth-order valence-electron chi connectivity index (χ4n) is 2.16. The van der Waals surface area contributed by atoms with Crippen LogP contribution in [0.4, 0.5) is 4.39 Å². The van der Waals surface area contributed by atoms with Gasteiger partial charge in [-0.15, -0.1) is 0 Å². The van der Waals surface area contributed by atoms with Crippen molar-refractivity contribution in [2.45, 2.75) is 24.9 Å². The fraction of sp³-hybridized carbons (Fsp3) is 0.500. The van der Waals surface area contributed by atoms with E-state index in [-0.39, 0.29) is 17.6 Å². The standard InChI is InChI=1S/C10H11FN4O4/c11-10-14-8-7(12-3-13-8)9(18)15(10)6-1-4(17)5(2-16)19-6/h3-6,16-17H,1-2H2,(H,12,13)/t4-,5+,6?/m0/s1. The van der Waals surface area contributed by atoms with Gasteiger partial charge in [0.15, 0.2) is 11.2 Å². The third-order valence-electron chi connectivity index (χ3n) is 3.12. The number of halogens is 1. The molecule has 19 heavy (non-hydrogen) atoms. The van der Waals surface area contributed by atoms with Crippen LogP contribution in [0.2, 0.25) is 0 Å². The lowest BCUT2D eigenvalue weighted by atomic mass is 10.2. The average molecular weight is 270 g/mol. The molecule has 0 saturated carbocycles. The highest BCUT2D eigenvalue weighted by atomic mass is 19.1. The normalized spacial score (nSPS) is 27.2. The Morgan fingerprint density at radius 2 is 2.42 bits per heavy atom. The number of aromatic amines is 1. The van der Waals surface area contributed by atoms with Crippen LogP contribution in [0.1, 0.15) is 12.6 Å². The van der Waals surface area contributed by atoms with Gasteiger partial charge in [-0.3, -0.25) is 4.79 Å². The number of hydrogen-bond acceptors (Lipinski definition) is 6. The predicted octanol–water partition coefficient (Wildman–Crippen LogP) is -1.10. The zero-order valence-corrected chi connectivity index (χ0v) is 9.65. The number of aromatic nitrogens is 4. The second-order valence-electron chi connectivity index (χ2n) is 4.27. The van der Waals surface area contributed by atoms with Crippen molar-refractivity contribution >= 4 is 11.2 Å². The van der Waals surface area contributed by atoms with Crippen LogP contribution in [-0.2, 0) is 4.74 Å². The van der Waals surface area contributed by atoms with Crippen molar-refractivity contribution in [3.8, 4) is 0 Å². The molecule has 102 valence electrons. The molecule has 3 heterocycles. The smallest absolute Gasteiger partial charge is 0.296 e. The molecule has 8 nitrogen and oxygen atoms in total. The minimum atomic E-state index is -1.04. The van der Waals surface area contributed by atoms with Gasteiger partial charge in [-0.2, -0.15) is 9.37 Å². The molecule has 1 aliphatic rings. The molecule has 0 amide bonds. The van der Waals surface area contributed by atoms with E-state index >= 15 is 0 Å². The first-order valence-electron chi connectivity index (χ1n) is 5.67. The maximum absolute atomic E-state index is 13.8. The van der Waals surface area contributed by atoms with Crippen LogP contribution in [0.25, 0.3) is 11.2 Å². The summed E-state index contributed by atoms with van der Waals surface area (Å²) in [5, 5.41) is 18.6. The molecule has 9 heteroatoms. The number of rotatable bonds is 2. The number of H-pyrrole nitrogens is 1. The zero-order valence-electron chi connectivity index (χ0n) is 9.65. The number of aliphatic hydroxyl groups is 2. The van der Waals surface area contributed by atoms with Crippen LogP contribution < -0.4 is 5.56 Å². The quantitative estimate of drug-likeness (QED) is 0.597. The van der Waals surface area contributed by atoms with Crippen molar-refractivity contribution in [2.75, 3.05) is 6.61 Å². The summed E-state index contributed by atoms with van der Waals surface area (Å²) in [6.45, 7) is -0.409. The first kappa shape index (κ1) is 12.2. The van der Waals surface area contributed by atoms with Gasteiger partial charge in [0.05, 0.1) is 19.0 Å². The summed E-state index contributed by atoms with van der Waals surface area (Å²) in [7, 11) is 0. The molecule has 0 bridgehead atoms. The lowest BCUT2D eigenvalue weighted by Gasteiger charge is -2.14. The molecular weight excluding hydrogens is 259 g/mol. The molecular formula is C10H11FN4O4. The van der Waals surface area contributed by atoms with E-state index in [1.165, 1.54) is 6.33 Å². The SMILES string of the molecule is O=c1c2[nH]cnc2nc(F)n1C1C[C@H](O)[C@@H](CO)O1. The van der Waals surface area contributed by atoms with Crippen LogP contribution in [-0.4, -0.2) is 48.5 Å². The molecule has 0 aromatic carbocycles. The maximum atomic E-state index is 13.8. The summed E-state index contributed by atoms with van der Waals surface area (Å²) in [6, 6.07) is 0. The topological polar surface area (TPSA) is 113 Å². The lowest BCUT2D eigenvalue weighted by Crippen LogP contribution is -2.29. The molecule has 3 rings (SSSR count). The summed E-state index contributed by atoms with van der Waals surface area (Å²) in [5.41, 5.74) is -0.626. The van der Waals surface area contributed by atoms with Crippen molar-refractivity contribution in [1.29, 1.82) is 0 Å². The summed E-state index contributed by atoms with van der Waals surface area (Å²) in [6.07, 6.45) is -2.60. The molecule has 1 saturated heterocycles. The molecule has 3 N–H and O–H groups in total. The third kappa shape index (κ3) is 1.82. The van der Waals surface area contributed by atoms with Crippen LogP contribution in [0.5, 0.6) is 0 Å². The number of imidazole rings is 1. The molecule has 2 aromatic rings. The number of fused-ring (bicyclic) bond motifs is 1. The Labute approximate surface area is 105 Å². The minimum absolute atomic E-state index is 0.00335. The molecule has 0 radical (unpaired) electrons. The van der Waals surface area contributed by atoms with Crippen molar-refractivity contribution in [3.63, 3.8) is 0 Å². The molecule has 2 aromatic heterocycles. The average Bonchev–Trinajstić information content (AvgIpc) is 2.95. The summed E-state index contributed by atoms with van der Waals surface area (Å²) < 4.78 is 19.8. The lowest BCUT2D eigenvalue weighted by molar-refractivity contribution is -0.0494. The van der Waals surface area contributed by atoms with E-state index in [4.69, 9.17) is 9.84 Å². The van der Waals surface area contributed by atoms with Gasteiger partial charge in [0, 0.05) is 6.42 Å². The van der Waals surface area contributed by atoms with Crippen molar-refractivity contribution in [2.24, 2.45) is 0 Å². The summed E-state index contributed by atoms with van der Waals surface area (Å²) in [4.78, 5) is 21.9. The van der Waals surface area contributed by atoms with Gasteiger partial charge in [-0.1, -0.05) is 0 Å².